The molecule has 0 aliphatic carbocycles. The number of para-hydroxylation sites is 1. The fourth-order valence-electron chi connectivity index (χ4n) is 1.64. The van der Waals surface area contributed by atoms with Crippen LogP contribution >= 0.6 is 11.6 Å². The largest absolute Gasteiger partial charge is 0.235 e. The predicted molar refractivity (Wildman–Crippen MR) is 62.1 cm³/mol. The maximum atomic E-state index is 5.88. The summed E-state index contributed by atoms with van der Waals surface area (Å²) in [6.07, 6.45) is 1.62. The average molecular weight is 215 g/mol. The highest BCUT2D eigenvalue weighted by atomic mass is 35.5. The normalized spacial score (nSPS) is 11.0. The zero-order chi connectivity index (χ0) is 10.3. The highest BCUT2D eigenvalue weighted by molar-refractivity contribution is 6.31. The number of halogens is 1. The fourth-order valence-corrected chi connectivity index (χ4v) is 1.81. The van der Waals surface area contributed by atoms with Gasteiger partial charge in [0.05, 0.1) is 10.5 Å². The number of pyridine rings is 2. The van der Waals surface area contributed by atoms with Gasteiger partial charge in [0.15, 0.2) is 5.65 Å². The predicted octanol–water partition coefficient (Wildman–Crippen LogP) is 3.44. The lowest BCUT2D eigenvalue weighted by Gasteiger charge is -2.00. The summed E-state index contributed by atoms with van der Waals surface area (Å²) in [6.45, 7) is 0. The van der Waals surface area contributed by atoms with Crippen LogP contribution < -0.4 is 0 Å². The van der Waals surface area contributed by atoms with Crippen LogP contribution in [0.4, 0.5) is 0 Å². The van der Waals surface area contributed by atoms with E-state index in [0.29, 0.717) is 5.02 Å². The summed E-state index contributed by atoms with van der Waals surface area (Å²) in [5.74, 6) is 0. The molecule has 0 unspecified atom stereocenters. The highest BCUT2D eigenvalue weighted by Gasteiger charge is 2.00. The Bertz CT molecular complexity index is 649. The molecule has 0 N–H and O–H groups in total. The summed E-state index contributed by atoms with van der Waals surface area (Å²) in [6, 6.07) is 11.9. The smallest absolute Gasteiger partial charge is 0.159 e. The molecule has 15 heavy (non-hydrogen) atoms. The second-order valence-electron chi connectivity index (χ2n) is 3.38. The molecule has 3 heteroatoms. The van der Waals surface area contributed by atoms with E-state index in [0.717, 1.165) is 21.9 Å². The van der Waals surface area contributed by atoms with Crippen molar-refractivity contribution in [3.63, 3.8) is 0 Å². The standard InChI is InChI=1S/C12H7ClN2/c13-10-6-9-5-8-3-1-2-4-11(8)15-12(9)14-7-10/h1-7H. The minimum absolute atomic E-state index is 0.639. The van der Waals surface area contributed by atoms with E-state index < -0.39 is 0 Å². The molecular weight excluding hydrogens is 208 g/mol. The summed E-state index contributed by atoms with van der Waals surface area (Å²) >= 11 is 5.88. The van der Waals surface area contributed by atoms with Gasteiger partial charge in [-0.05, 0) is 18.2 Å². The van der Waals surface area contributed by atoms with Crippen LogP contribution in [0.3, 0.4) is 0 Å². The number of aromatic nitrogens is 2. The number of hydrogen-bond acceptors (Lipinski definition) is 2. The molecule has 0 atom stereocenters. The molecule has 72 valence electrons. The van der Waals surface area contributed by atoms with Crippen molar-refractivity contribution in [1.82, 2.24) is 9.97 Å². The van der Waals surface area contributed by atoms with Crippen molar-refractivity contribution in [2.24, 2.45) is 0 Å². The summed E-state index contributed by atoms with van der Waals surface area (Å²) in [4.78, 5) is 8.64. The van der Waals surface area contributed by atoms with Crippen LogP contribution in [0.2, 0.25) is 5.02 Å². The van der Waals surface area contributed by atoms with Gasteiger partial charge in [0.1, 0.15) is 0 Å². The molecule has 0 saturated carbocycles. The molecule has 0 spiro atoms. The first kappa shape index (κ1) is 8.62. The lowest BCUT2D eigenvalue weighted by Crippen LogP contribution is -1.85. The monoisotopic (exact) mass is 214 g/mol. The van der Waals surface area contributed by atoms with Crippen LogP contribution in [0.1, 0.15) is 0 Å². The van der Waals surface area contributed by atoms with E-state index in [9.17, 15) is 0 Å². The zero-order valence-corrected chi connectivity index (χ0v) is 8.57. The average Bonchev–Trinajstić information content (AvgIpc) is 2.26. The zero-order valence-electron chi connectivity index (χ0n) is 7.81. The molecule has 2 aromatic heterocycles. The van der Waals surface area contributed by atoms with Gasteiger partial charge in [0.2, 0.25) is 0 Å². The van der Waals surface area contributed by atoms with E-state index in [1.807, 2.05) is 30.3 Å². The molecule has 0 saturated heterocycles. The van der Waals surface area contributed by atoms with Crippen LogP contribution in [0.5, 0.6) is 0 Å². The van der Waals surface area contributed by atoms with Crippen LogP contribution in [0, 0.1) is 0 Å². The van der Waals surface area contributed by atoms with Crippen molar-refractivity contribution in [1.29, 1.82) is 0 Å². The minimum Gasteiger partial charge on any atom is -0.235 e. The Morgan fingerprint density at radius 1 is 1.00 bits per heavy atom. The van der Waals surface area contributed by atoms with E-state index >= 15 is 0 Å². The Balaban J connectivity index is 2.47. The Morgan fingerprint density at radius 3 is 2.80 bits per heavy atom. The fraction of sp³-hybridized carbons (Fsp3) is 0. The van der Waals surface area contributed by atoms with Gasteiger partial charge < -0.3 is 0 Å². The van der Waals surface area contributed by atoms with Gasteiger partial charge in [-0.3, -0.25) is 0 Å². The third-order valence-electron chi connectivity index (χ3n) is 2.34. The maximum absolute atomic E-state index is 5.88. The Labute approximate surface area is 91.5 Å². The SMILES string of the molecule is Clc1cnc2nc3ccccc3cc2c1. The number of benzene rings is 1. The molecule has 0 fully saturated rings. The van der Waals surface area contributed by atoms with Gasteiger partial charge in [-0.2, -0.15) is 0 Å². The van der Waals surface area contributed by atoms with Crippen LogP contribution in [0.25, 0.3) is 21.9 Å². The Hall–Kier alpha value is -1.67. The van der Waals surface area contributed by atoms with Crippen LogP contribution in [-0.4, -0.2) is 9.97 Å². The first-order valence-electron chi connectivity index (χ1n) is 4.64. The molecule has 3 rings (SSSR count). The number of hydrogen-bond donors (Lipinski definition) is 0. The number of fused-ring (bicyclic) bond motifs is 2. The molecule has 0 bridgehead atoms. The number of rotatable bonds is 0. The molecular formula is C12H7ClN2. The molecule has 0 aliphatic heterocycles. The van der Waals surface area contributed by atoms with E-state index in [-0.39, 0.29) is 0 Å². The highest BCUT2D eigenvalue weighted by Crippen LogP contribution is 2.20. The van der Waals surface area contributed by atoms with Crippen molar-refractivity contribution in [2.45, 2.75) is 0 Å². The van der Waals surface area contributed by atoms with Gasteiger partial charge >= 0.3 is 0 Å². The Morgan fingerprint density at radius 2 is 1.87 bits per heavy atom. The maximum Gasteiger partial charge on any atom is 0.159 e. The van der Waals surface area contributed by atoms with Gasteiger partial charge in [0, 0.05) is 17.0 Å². The van der Waals surface area contributed by atoms with E-state index in [1.165, 1.54) is 0 Å². The topological polar surface area (TPSA) is 25.8 Å². The first-order valence-corrected chi connectivity index (χ1v) is 5.02. The first-order chi connectivity index (χ1) is 7.33. The van der Waals surface area contributed by atoms with Crippen molar-refractivity contribution in [2.75, 3.05) is 0 Å². The Kier molecular flexibility index (Phi) is 1.82. The van der Waals surface area contributed by atoms with Crippen LogP contribution in [-0.2, 0) is 0 Å². The molecule has 2 heterocycles. The van der Waals surface area contributed by atoms with E-state index in [1.54, 1.807) is 6.20 Å². The van der Waals surface area contributed by atoms with Crippen LogP contribution in [0.15, 0.2) is 42.6 Å². The molecule has 1 aromatic carbocycles. The lowest BCUT2D eigenvalue weighted by molar-refractivity contribution is 1.32. The van der Waals surface area contributed by atoms with Crippen molar-refractivity contribution >= 4 is 33.5 Å². The molecule has 0 aliphatic rings. The third-order valence-corrected chi connectivity index (χ3v) is 2.54. The second kappa shape index (κ2) is 3.17. The molecule has 0 radical (unpaired) electrons. The second-order valence-corrected chi connectivity index (χ2v) is 3.82. The summed E-state index contributed by atoms with van der Waals surface area (Å²) < 4.78 is 0. The van der Waals surface area contributed by atoms with Gasteiger partial charge in [-0.15, -0.1) is 0 Å². The molecule has 3 aromatic rings. The van der Waals surface area contributed by atoms with Crippen molar-refractivity contribution in [3.8, 4) is 0 Å². The van der Waals surface area contributed by atoms with Gasteiger partial charge in [-0.25, -0.2) is 9.97 Å². The van der Waals surface area contributed by atoms with Crippen molar-refractivity contribution in [3.05, 3.63) is 47.6 Å². The summed E-state index contributed by atoms with van der Waals surface area (Å²) in [5.41, 5.74) is 1.69. The number of nitrogens with zero attached hydrogens (tertiary/aromatic N) is 2. The lowest BCUT2D eigenvalue weighted by atomic mass is 10.2. The summed E-state index contributed by atoms with van der Waals surface area (Å²) in [5, 5.41) is 2.72. The third kappa shape index (κ3) is 1.43. The van der Waals surface area contributed by atoms with Crippen molar-refractivity contribution < 1.29 is 0 Å². The minimum atomic E-state index is 0.639. The van der Waals surface area contributed by atoms with Gasteiger partial charge in [-0.1, -0.05) is 29.8 Å². The summed E-state index contributed by atoms with van der Waals surface area (Å²) in [7, 11) is 0. The van der Waals surface area contributed by atoms with Gasteiger partial charge in [0.25, 0.3) is 0 Å². The molecule has 0 amide bonds. The van der Waals surface area contributed by atoms with E-state index in [2.05, 4.69) is 16.0 Å². The molecule has 2 nitrogen and oxygen atoms in total. The quantitative estimate of drug-likeness (QED) is 0.536. The van der Waals surface area contributed by atoms with E-state index in [4.69, 9.17) is 11.6 Å².